The number of benzene rings is 1. The third-order valence-electron chi connectivity index (χ3n) is 3.75. The molecule has 0 spiro atoms. The molecule has 0 fully saturated rings. The first-order valence-electron chi connectivity index (χ1n) is 7.57. The predicted octanol–water partition coefficient (Wildman–Crippen LogP) is 2.31. The standard InChI is InChI=1S/C17H14FN7/c18-11-3-1-2-10(7-11)12-5-4-9(8-21-12)6-13-22-14-15(19)24-17(20)25-16(14)23-13/h1-5,7-8H,6H2,(H5,19,20,22,23,24,25). The summed E-state index contributed by atoms with van der Waals surface area (Å²) >= 11 is 0. The molecule has 0 amide bonds. The van der Waals surface area contributed by atoms with Crippen LogP contribution in [0.3, 0.4) is 0 Å². The normalized spacial score (nSPS) is 11.1. The molecule has 4 rings (SSSR count). The van der Waals surface area contributed by atoms with Gasteiger partial charge in [-0.2, -0.15) is 9.97 Å². The minimum atomic E-state index is -0.288. The number of H-pyrrole nitrogens is 1. The van der Waals surface area contributed by atoms with Crippen LogP contribution in [0.4, 0.5) is 16.2 Å². The summed E-state index contributed by atoms with van der Waals surface area (Å²) in [5.41, 5.74) is 14.8. The fraction of sp³-hybridized carbons (Fsp3) is 0.0588. The van der Waals surface area contributed by atoms with Gasteiger partial charge in [-0.05, 0) is 23.8 Å². The lowest BCUT2D eigenvalue weighted by Crippen LogP contribution is -1.99. The number of nitrogens with one attached hydrogen (secondary N) is 1. The number of hydrogen-bond acceptors (Lipinski definition) is 6. The van der Waals surface area contributed by atoms with Gasteiger partial charge in [-0.3, -0.25) is 4.98 Å². The van der Waals surface area contributed by atoms with Gasteiger partial charge < -0.3 is 16.5 Å². The lowest BCUT2D eigenvalue weighted by molar-refractivity contribution is 0.628. The van der Waals surface area contributed by atoms with Crippen molar-refractivity contribution in [2.75, 3.05) is 11.5 Å². The average Bonchev–Trinajstić information content (AvgIpc) is 2.98. The van der Waals surface area contributed by atoms with Crippen LogP contribution in [0.5, 0.6) is 0 Å². The number of aromatic amines is 1. The molecule has 0 saturated heterocycles. The summed E-state index contributed by atoms with van der Waals surface area (Å²) in [6.07, 6.45) is 2.25. The molecule has 0 bridgehead atoms. The molecule has 0 aliphatic heterocycles. The molecule has 1 aromatic carbocycles. The number of imidazole rings is 1. The lowest BCUT2D eigenvalue weighted by Gasteiger charge is -2.03. The molecular weight excluding hydrogens is 321 g/mol. The van der Waals surface area contributed by atoms with Crippen LogP contribution in [0.2, 0.25) is 0 Å². The van der Waals surface area contributed by atoms with Gasteiger partial charge in [-0.15, -0.1) is 0 Å². The predicted molar refractivity (Wildman–Crippen MR) is 92.9 cm³/mol. The zero-order valence-electron chi connectivity index (χ0n) is 13.1. The van der Waals surface area contributed by atoms with E-state index in [9.17, 15) is 4.39 Å². The Balaban J connectivity index is 1.60. The number of rotatable bonds is 3. The molecule has 3 aromatic heterocycles. The highest BCUT2D eigenvalue weighted by Gasteiger charge is 2.10. The van der Waals surface area contributed by atoms with Gasteiger partial charge in [-0.25, -0.2) is 9.37 Å². The first-order chi connectivity index (χ1) is 12.1. The quantitative estimate of drug-likeness (QED) is 0.528. The molecule has 5 N–H and O–H groups in total. The molecule has 0 aliphatic carbocycles. The topological polar surface area (TPSA) is 119 Å². The van der Waals surface area contributed by atoms with Crippen LogP contribution in [0, 0.1) is 5.82 Å². The van der Waals surface area contributed by atoms with Crippen LogP contribution in [-0.4, -0.2) is 24.9 Å². The van der Waals surface area contributed by atoms with Gasteiger partial charge >= 0.3 is 0 Å². The van der Waals surface area contributed by atoms with Crippen molar-refractivity contribution in [2.24, 2.45) is 0 Å². The Morgan fingerprint density at radius 2 is 1.92 bits per heavy atom. The Bertz CT molecular complexity index is 1060. The number of nitrogens with two attached hydrogens (primary N) is 2. The minimum Gasteiger partial charge on any atom is -0.382 e. The maximum Gasteiger partial charge on any atom is 0.224 e. The second-order valence-corrected chi connectivity index (χ2v) is 5.59. The number of pyridine rings is 1. The Morgan fingerprint density at radius 1 is 1.04 bits per heavy atom. The third-order valence-corrected chi connectivity index (χ3v) is 3.75. The van der Waals surface area contributed by atoms with Gasteiger partial charge in [0.2, 0.25) is 5.95 Å². The molecule has 4 aromatic rings. The van der Waals surface area contributed by atoms with E-state index in [0.29, 0.717) is 29.1 Å². The first-order valence-corrected chi connectivity index (χ1v) is 7.57. The van der Waals surface area contributed by atoms with Crippen LogP contribution in [0.1, 0.15) is 11.4 Å². The van der Waals surface area contributed by atoms with Crippen LogP contribution in [-0.2, 0) is 6.42 Å². The van der Waals surface area contributed by atoms with Crippen molar-refractivity contribution in [1.82, 2.24) is 24.9 Å². The number of nitrogens with zero attached hydrogens (tertiary/aromatic N) is 4. The summed E-state index contributed by atoms with van der Waals surface area (Å²) < 4.78 is 13.3. The monoisotopic (exact) mass is 335 g/mol. The van der Waals surface area contributed by atoms with E-state index in [1.807, 2.05) is 18.2 Å². The number of hydrogen-bond donors (Lipinski definition) is 3. The summed E-state index contributed by atoms with van der Waals surface area (Å²) in [6.45, 7) is 0. The maximum absolute atomic E-state index is 13.3. The zero-order chi connectivity index (χ0) is 17.4. The highest BCUT2D eigenvalue weighted by atomic mass is 19.1. The smallest absolute Gasteiger partial charge is 0.224 e. The summed E-state index contributed by atoms with van der Waals surface area (Å²) in [5.74, 6) is 0.733. The van der Waals surface area contributed by atoms with Gasteiger partial charge in [-0.1, -0.05) is 18.2 Å². The number of fused-ring (bicyclic) bond motifs is 1. The summed E-state index contributed by atoms with van der Waals surface area (Å²) in [6, 6.07) is 10.1. The summed E-state index contributed by atoms with van der Waals surface area (Å²) in [4.78, 5) is 19.8. The fourth-order valence-corrected chi connectivity index (χ4v) is 2.61. The van der Waals surface area contributed by atoms with Gasteiger partial charge in [0.15, 0.2) is 17.0 Å². The van der Waals surface area contributed by atoms with Crippen molar-refractivity contribution in [1.29, 1.82) is 0 Å². The Hall–Kier alpha value is -3.55. The first kappa shape index (κ1) is 15.0. The number of nitrogen functional groups attached to an aromatic ring is 2. The Morgan fingerprint density at radius 3 is 2.68 bits per heavy atom. The summed E-state index contributed by atoms with van der Waals surface area (Å²) in [5, 5.41) is 0. The van der Waals surface area contributed by atoms with Crippen molar-refractivity contribution >= 4 is 22.9 Å². The van der Waals surface area contributed by atoms with Crippen molar-refractivity contribution < 1.29 is 4.39 Å². The SMILES string of the molecule is Nc1nc(N)c2nc(Cc3ccc(-c4cccc(F)c4)nc3)[nH]c2n1. The second-order valence-electron chi connectivity index (χ2n) is 5.59. The van der Waals surface area contributed by atoms with Crippen LogP contribution in [0.25, 0.3) is 22.4 Å². The van der Waals surface area contributed by atoms with Gasteiger partial charge in [0.25, 0.3) is 0 Å². The minimum absolute atomic E-state index is 0.0984. The van der Waals surface area contributed by atoms with Crippen LogP contribution in [0.15, 0.2) is 42.6 Å². The highest BCUT2D eigenvalue weighted by molar-refractivity contribution is 5.82. The van der Waals surface area contributed by atoms with Crippen molar-refractivity contribution in [3.05, 3.63) is 59.8 Å². The largest absolute Gasteiger partial charge is 0.382 e. The molecule has 0 atom stereocenters. The average molecular weight is 335 g/mol. The molecule has 0 unspecified atom stereocenters. The third kappa shape index (κ3) is 2.97. The number of halogens is 1. The number of anilines is 2. The molecule has 7 nitrogen and oxygen atoms in total. The molecule has 124 valence electrons. The van der Waals surface area contributed by atoms with Gasteiger partial charge in [0.1, 0.15) is 11.6 Å². The van der Waals surface area contributed by atoms with E-state index in [-0.39, 0.29) is 17.6 Å². The van der Waals surface area contributed by atoms with E-state index in [1.165, 1.54) is 12.1 Å². The lowest BCUT2D eigenvalue weighted by atomic mass is 10.1. The number of aromatic nitrogens is 5. The van der Waals surface area contributed by atoms with Gasteiger partial charge in [0.05, 0.1) is 5.69 Å². The van der Waals surface area contributed by atoms with Crippen molar-refractivity contribution in [3.8, 4) is 11.3 Å². The molecule has 25 heavy (non-hydrogen) atoms. The molecule has 0 aliphatic rings. The van der Waals surface area contributed by atoms with E-state index in [4.69, 9.17) is 11.5 Å². The van der Waals surface area contributed by atoms with E-state index >= 15 is 0 Å². The molecule has 0 radical (unpaired) electrons. The van der Waals surface area contributed by atoms with E-state index < -0.39 is 0 Å². The maximum atomic E-state index is 13.3. The van der Waals surface area contributed by atoms with Crippen LogP contribution >= 0.6 is 0 Å². The molecule has 0 saturated carbocycles. The highest BCUT2D eigenvalue weighted by Crippen LogP contribution is 2.20. The van der Waals surface area contributed by atoms with Crippen molar-refractivity contribution in [2.45, 2.75) is 6.42 Å². The fourth-order valence-electron chi connectivity index (χ4n) is 2.61. The second kappa shape index (κ2) is 5.82. The Kier molecular flexibility index (Phi) is 3.50. The zero-order valence-corrected chi connectivity index (χ0v) is 13.1. The van der Waals surface area contributed by atoms with E-state index in [2.05, 4.69) is 24.9 Å². The van der Waals surface area contributed by atoms with E-state index in [1.54, 1.807) is 12.3 Å². The van der Waals surface area contributed by atoms with E-state index in [0.717, 1.165) is 11.1 Å². The summed E-state index contributed by atoms with van der Waals surface area (Å²) in [7, 11) is 0. The Labute approximate surface area is 142 Å². The van der Waals surface area contributed by atoms with Crippen LogP contribution < -0.4 is 11.5 Å². The van der Waals surface area contributed by atoms with Gasteiger partial charge in [0, 0.05) is 18.2 Å². The molecule has 8 heteroatoms. The molecular formula is C17H14FN7. The van der Waals surface area contributed by atoms with Crippen molar-refractivity contribution in [3.63, 3.8) is 0 Å². The molecule has 3 heterocycles.